The lowest BCUT2D eigenvalue weighted by Crippen LogP contribution is -2.43. The lowest BCUT2D eigenvalue weighted by Gasteiger charge is -2.26. The number of H-pyrrole nitrogens is 1. The van der Waals surface area contributed by atoms with E-state index in [1.165, 1.54) is 10.9 Å². The molecule has 1 aliphatic heterocycles. The molecule has 3 rings (SSSR count). The standard InChI is InChI=1S/C10H15N6O6P/c11-9-14-7-6(8(17)15-9)13-4-16(7)10(12)2-1-5(22-10)3-21-23(18,19)20/h4-5H,1-3,12H2,(H2,18,19,20)(H3,11,14,15,17)/t5-,10-/m0/s1. The minimum atomic E-state index is -4.59. The third kappa shape index (κ3) is 3.13. The van der Waals surface area contributed by atoms with E-state index in [-0.39, 0.29) is 23.7 Å². The van der Waals surface area contributed by atoms with Crippen LogP contribution in [0.3, 0.4) is 0 Å². The van der Waals surface area contributed by atoms with Gasteiger partial charge in [0.1, 0.15) is 6.33 Å². The van der Waals surface area contributed by atoms with Gasteiger partial charge < -0.3 is 20.3 Å². The summed E-state index contributed by atoms with van der Waals surface area (Å²) in [6.45, 7) is -0.313. The first kappa shape index (κ1) is 16.1. The average molecular weight is 346 g/mol. The Morgan fingerprint density at radius 1 is 1.61 bits per heavy atom. The molecule has 126 valence electrons. The van der Waals surface area contributed by atoms with Crippen LogP contribution in [0.15, 0.2) is 11.1 Å². The molecule has 2 atom stereocenters. The molecule has 0 bridgehead atoms. The molecule has 0 unspecified atom stereocenters. The van der Waals surface area contributed by atoms with Gasteiger partial charge in [-0.05, 0) is 6.42 Å². The first-order valence-electron chi connectivity index (χ1n) is 6.58. The van der Waals surface area contributed by atoms with Crippen molar-refractivity contribution in [3.05, 3.63) is 16.7 Å². The minimum Gasteiger partial charge on any atom is -0.369 e. The summed E-state index contributed by atoms with van der Waals surface area (Å²) in [6.07, 6.45) is 1.39. The van der Waals surface area contributed by atoms with Crippen molar-refractivity contribution in [2.45, 2.75) is 24.8 Å². The lowest BCUT2D eigenvalue weighted by atomic mass is 10.2. The van der Waals surface area contributed by atoms with Crippen LogP contribution >= 0.6 is 7.82 Å². The van der Waals surface area contributed by atoms with Gasteiger partial charge in [-0.15, -0.1) is 0 Å². The van der Waals surface area contributed by atoms with E-state index in [4.69, 9.17) is 26.0 Å². The van der Waals surface area contributed by atoms with E-state index < -0.39 is 25.3 Å². The average Bonchev–Trinajstić information content (AvgIpc) is 3.00. The summed E-state index contributed by atoms with van der Waals surface area (Å²) in [4.78, 5) is 39.5. The van der Waals surface area contributed by atoms with Crippen molar-refractivity contribution in [1.82, 2.24) is 19.5 Å². The number of aromatic nitrogens is 4. The minimum absolute atomic E-state index is 0.0579. The highest BCUT2D eigenvalue weighted by molar-refractivity contribution is 7.46. The number of hydrogen-bond donors (Lipinski definition) is 5. The summed E-state index contributed by atoms with van der Waals surface area (Å²) in [5.41, 5.74) is 11.4. The van der Waals surface area contributed by atoms with E-state index in [1.54, 1.807) is 0 Å². The maximum Gasteiger partial charge on any atom is 0.469 e. The van der Waals surface area contributed by atoms with E-state index in [9.17, 15) is 9.36 Å². The maximum absolute atomic E-state index is 11.8. The van der Waals surface area contributed by atoms with Crippen LogP contribution in [-0.2, 0) is 19.7 Å². The van der Waals surface area contributed by atoms with E-state index in [1.807, 2.05) is 0 Å². The van der Waals surface area contributed by atoms with Crippen LogP contribution in [0.4, 0.5) is 5.95 Å². The summed E-state index contributed by atoms with van der Waals surface area (Å²) in [5.74, 6) is -1.46. The number of fused-ring (bicyclic) bond motifs is 1. The zero-order valence-electron chi connectivity index (χ0n) is 11.7. The van der Waals surface area contributed by atoms with Crippen LogP contribution in [0.25, 0.3) is 11.2 Å². The molecule has 1 saturated heterocycles. The molecule has 7 N–H and O–H groups in total. The van der Waals surface area contributed by atoms with Crippen LogP contribution in [0.2, 0.25) is 0 Å². The van der Waals surface area contributed by atoms with Crippen LogP contribution in [0, 0.1) is 0 Å². The van der Waals surface area contributed by atoms with Crippen molar-refractivity contribution in [3.8, 4) is 0 Å². The molecule has 0 radical (unpaired) electrons. The molecule has 0 aliphatic carbocycles. The molecule has 0 amide bonds. The van der Waals surface area contributed by atoms with Gasteiger partial charge in [0.2, 0.25) is 11.8 Å². The van der Waals surface area contributed by atoms with Crippen LogP contribution < -0.4 is 17.0 Å². The second-order valence-electron chi connectivity index (χ2n) is 5.15. The summed E-state index contributed by atoms with van der Waals surface area (Å²) in [5, 5.41) is 0. The zero-order valence-corrected chi connectivity index (χ0v) is 12.6. The summed E-state index contributed by atoms with van der Waals surface area (Å²) in [7, 11) is -4.59. The maximum atomic E-state index is 11.8. The van der Waals surface area contributed by atoms with Crippen LogP contribution in [0.1, 0.15) is 12.8 Å². The zero-order chi connectivity index (χ0) is 16.8. The highest BCUT2D eigenvalue weighted by Gasteiger charge is 2.40. The summed E-state index contributed by atoms with van der Waals surface area (Å²) in [6, 6.07) is 0. The van der Waals surface area contributed by atoms with Gasteiger partial charge in [0.05, 0.1) is 12.7 Å². The van der Waals surface area contributed by atoms with Gasteiger partial charge in [0.25, 0.3) is 5.56 Å². The Bertz CT molecular complexity index is 844. The van der Waals surface area contributed by atoms with Crippen molar-refractivity contribution in [2.24, 2.45) is 5.73 Å². The fraction of sp³-hybridized carbons (Fsp3) is 0.500. The molecule has 1 fully saturated rings. The molecule has 1 aliphatic rings. The first-order valence-corrected chi connectivity index (χ1v) is 8.11. The number of nitrogens with one attached hydrogen (secondary N) is 1. The molecule has 0 aromatic carbocycles. The molecular weight excluding hydrogens is 331 g/mol. The number of nitrogens with two attached hydrogens (primary N) is 2. The second-order valence-corrected chi connectivity index (χ2v) is 6.39. The number of rotatable bonds is 4. The quantitative estimate of drug-likeness (QED) is 0.409. The number of nitrogens with zero attached hydrogens (tertiary/aromatic N) is 3. The number of phosphoric acid groups is 1. The summed E-state index contributed by atoms with van der Waals surface area (Å²) >= 11 is 0. The van der Waals surface area contributed by atoms with Gasteiger partial charge in [-0.2, -0.15) is 4.98 Å². The normalized spacial score (nSPS) is 25.3. The second kappa shape index (κ2) is 5.37. The number of ether oxygens (including phenoxy) is 1. The van der Waals surface area contributed by atoms with Gasteiger partial charge in [-0.1, -0.05) is 0 Å². The largest absolute Gasteiger partial charge is 0.469 e. The Hall–Kier alpha value is -1.82. The lowest BCUT2D eigenvalue weighted by molar-refractivity contribution is -0.103. The number of anilines is 1. The highest BCUT2D eigenvalue weighted by atomic mass is 31.2. The first-order chi connectivity index (χ1) is 10.7. The fourth-order valence-electron chi connectivity index (χ4n) is 2.45. The number of nitrogen functional groups attached to an aromatic ring is 1. The third-order valence-electron chi connectivity index (χ3n) is 3.46. The Labute approximate surface area is 128 Å². The number of phosphoric ester groups is 1. The van der Waals surface area contributed by atoms with Gasteiger partial charge >= 0.3 is 7.82 Å². The van der Waals surface area contributed by atoms with Crippen molar-refractivity contribution in [3.63, 3.8) is 0 Å². The van der Waals surface area contributed by atoms with Crippen LogP contribution in [0.5, 0.6) is 0 Å². The van der Waals surface area contributed by atoms with E-state index in [2.05, 4.69) is 19.5 Å². The number of aromatic amines is 1. The Morgan fingerprint density at radius 2 is 2.35 bits per heavy atom. The molecule has 2 aromatic rings. The SMILES string of the molecule is Nc1nc2c(ncn2[C@@]2(N)CC[C@@H](COP(=O)(O)O)O2)c(=O)[nH]1. The molecule has 0 spiro atoms. The van der Waals surface area contributed by atoms with Gasteiger partial charge in [-0.3, -0.25) is 24.6 Å². The van der Waals surface area contributed by atoms with Crippen LogP contribution in [-0.4, -0.2) is 42.0 Å². The van der Waals surface area contributed by atoms with Crippen molar-refractivity contribution < 1.29 is 23.6 Å². The molecule has 13 heteroatoms. The van der Waals surface area contributed by atoms with E-state index >= 15 is 0 Å². The van der Waals surface area contributed by atoms with Gasteiger partial charge in [0, 0.05) is 6.42 Å². The van der Waals surface area contributed by atoms with Gasteiger partial charge in [-0.25, -0.2) is 9.55 Å². The molecule has 3 heterocycles. The highest BCUT2D eigenvalue weighted by Crippen LogP contribution is 2.38. The molecule has 0 saturated carbocycles. The summed E-state index contributed by atoms with van der Waals surface area (Å²) < 4.78 is 22.1. The number of imidazole rings is 1. The Balaban J connectivity index is 1.87. The van der Waals surface area contributed by atoms with E-state index in [0.717, 1.165) is 0 Å². The molecule has 12 nitrogen and oxygen atoms in total. The van der Waals surface area contributed by atoms with E-state index in [0.29, 0.717) is 12.8 Å². The topological polar surface area (TPSA) is 192 Å². The van der Waals surface area contributed by atoms with Crippen molar-refractivity contribution in [1.29, 1.82) is 0 Å². The monoisotopic (exact) mass is 346 g/mol. The Kier molecular flexibility index (Phi) is 3.75. The van der Waals surface area contributed by atoms with Gasteiger partial charge in [0.15, 0.2) is 11.2 Å². The number of hydrogen-bond acceptors (Lipinski definition) is 8. The molecule has 23 heavy (non-hydrogen) atoms. The predicted molar refractivity (Wildman–Crippen MR) is 76.8 cm³/mol. The van der Waals surface area contributed by atoms with Crippen molar-refractivity contribution >= 4 is 24.9 Å². The predicted octanol–water partition coefficient (Wildman–Crippen LogP) is -1.44. The smallest absolute Gasteiger partial charge is 0.369 e. The molecule has 2 aromatic heterocycles. The third-order valence-corrected chi connectivity index (χ3v) is 3.94. The molecular formula is C10H15N6O6P. The van der Waals surface area contributed by atoms with Crippen molar-refractivity contribution in [2.75, 3.05) is 12.3 Å². The fourth-order valence-corrected chi connectivity index (χ4v) is 2.81. The Morgan fingerprint density at radius 3 is 3.04 bits per heavy atom.